The van der Waals surface area contributed by atoms with Crippen LogP contribution in [0.15, 0.2) is 21.9 Å². The summed E-state index contributed by atoms with van der Waals surface area (Å²) >= 11 is 0. The average Bonchev–Trinajstić information content (AvgIpc) is 3.02. The van der Waals surface area contributed by atoms with Gasteiger partial charge < -0.3 is 49.4 Å². The largest absolute Gasteiger partial charge is 0.394 e. The molecule has 0 saturated carbocycles. The highest BCUT2D eigenvalue weighted by molar-refractivity contribution is 7.44. The van der Waals surface area contributed by atoms with E-state index in [9.17, 15) is 39.6 Å². The second-order valence-electron chi connectivity index (χ2n) is 7.63. The van der Waals surface area contributed by atoms with Crippen LogP contribution in [0.4, 0.5) is 0 Å². The summed E-state index contributed by atoms with van der Waals surface area (Å²) in [5, 5.41) is 52.1. The van der Waals surface area contributed by atoms with Crippen molar-refractivity contribution >= 4 is 20.7 Å². The molecule has 0 aromatic carbocycles. The van der Waals surface area contributed by atoms with E-state index < -0.39 is 87.4 Å². The van der Waals surface area contributed by atoms with Crippen molar-refractivity contribution in [3.8, 4) is 0 Å². The van der Waals surface area contributed by atoms with E-state index in [1.54, 1.807) is 0 Å². The lowest BCUT2D eigenvalue weighted by atomic mass is 10.0. The van der Waals surface area contributed by atoms with E-state index in [1.165, 1.54) is 0 Å². The first kappa shape index (κ1) is 29.1. The highest BCUT2D eigenvalue weighted by Gasteiger charge is 2.54. The normalized spacial score (nSPS) is 28.6. The van der Waals surface area contributed by atoms with E-state index in [0.29, 0.717) is 0 Å². The molecule has 0 aliphatic carbocycles. The molecule has 35 heavy (non-hydrogen) atoms. The number of hydrogen-bond acceptors (Lipinski definition) is 14. The molecule has 17 nitrogen and oxygen atoms in total. The van der Waals surface area contributed by atoms with E-state index in [0.717, 1.165) is 23.8 Å². The number of aromatic amines is 1. The number of rotatable bonds is 12. The second-order valence-corrected chi connectivity index (χ2v) is 8.67. The number of carbonyl (C=O) groups excluding carboxylic acids is 2. The maximum absolute atomic E-state index is 12.0. The first-order chi connectivity index (χ1) is 16.3. The Balaban J connectivity index is 2.12. The van der Waals surface area contributed by atoms with E-state index in [4.69, 9.17) is 30.1 Å². The maximum atomic E-state index is 12.0. The summed E-state index contributed by atoms with van der Waals surface area (Å²) in [6, 6.07) is -0.519. The molecule has 1 aliphatic rings. The van der Waals surface area contributed by atoms with E-state index in [-0.39, 0.29) is 6.29 Å². The number of ether oxygens (including phenoxy) is 1. The molecule has 1 amide bonds. The summed E-state index contributed by atoms with van der Waals surface area (Å²) in [6.07, 6.45) is -8.88. The molecule has 0 radical (unpaired) electrons. The van der Waals surface area contributed by atoms with Crippen molar-refractivity contribution in [2.45, 2.75) is 55.4 Å². The number of nitrogens with one attached hydrogen (secondary N) is 2. The molecule has 1 unspecified atom stereocenters. The van der Waals surface area contributed by atoms with Gasteiger partial charge in [-0.25, -0.2) is 4.79 Å². The second kappa shape index (κ2) is 12.2. The van der Waals surface area contributed by atoms with Crippen LogP contribution in [0, 0.1) is 0 Å². The number of carbonyl (C=O) groups is 2. The summed E-state index contributed by atoms with van der Waals surface area (Å²) in [5.74, 6) is -0.670. The van der Waals surface area contributed by atoms with Crippen LogP contribution in [0.1, 0.15) is 13.2 Å². The van der Waals surface area contributed by atoms with Gasteiger partial charge in [0.25, 0.3) is 14.1 Å². The third-order valence-electron chi connectivity index (χ3n) is 5.01. The van der Waals surface area contributed by atoms with E-state index in [2.05, 4.69) is 5.32 Å². The van der Waals surface area contributed by atoms with Crippen molar-refractivity contribution in [1.82, 2.24) is 14.9 Å². The molecule has 18 heteroatoms. The Labute approximate surface area is 198 Å². The van der Waals surface area contributed by atoms with Crippen LogP contribution in [-0.4, -0.2) is 103 Å². The maximum Gasteiger partial charge on any atom is 0.330 e. The molecular formula is C17H28N5O12P. The Morgan fingerprint density at radius 1 is 1.46 bits per heavy atom. The topological polar surface area (TPSA) is 282 Å². The number of aliphatic hydroxyl groups excluding tert-OH is 4. The van der Waals surface area contributed by atoms with Crippen LogP contribution in [0.25, 0.3) is 0 Å². The number of hydrogen-bond donors (Lipinski definition) is 9. The standard InChI is InChI=1S/C17H28N5O12P/c1-7(25)20-8(4-23)13(12(28)9(26)5-24)34-35(19)32-6-10-14(29)17(18,31)15(33-10)22-3-2-11(27)21-16(22)30/h2-4,8-10,12-15,24,26,28-29,31H,5-6,18-19H2,1H3,(H,20,25)(H,21,27,30)/t8-,9+,10+,12-,13+,14+,15+,17+,35?/m0/s1. The van der Waals surface area contributed by atoms with Gasteiger partial charge in [0.2, 0.25) is 5.91 Å². The smallest absolute Gasteiger partial charge is 0.330 e. The zero-order valence-electron chi connectivity index (χ0n) is 18.3. The Morgan fingerprint density at radius 3 is 2.66 bits per heavy atom. The predicted molar refractivity (Wildman–Crippen MR) is 115 cm³/mol. The number of aliphatic hydroxyl groups is 5. The van der Waals surface area contributed by atoms with Gasteiger partial charge in [0, 0.05) is 19.2 Å². The highest BCUT2D eigenvalue weighted by Crippen LogP contribution is 2.38. The van der Waals surface area contributed by atoms with Crippen molar-refractivity contribution in [3.63, 3.8) is 0 Å². The number of nitrogens with zero attached hydrogens (tertiary/aromatic N) is 1. The number of nitrogens with two attached hydrogens (primary N) is 2. The third kappa shape index (κ3) is 6.96. The van der Waals surface area contributed by atoms with Crippen LogP contribution in [0.5, 0.6) is 0 Å². The molecule has 1 saturated heterocycles. The Hall–Kier alpha value is -2.15. The quantitative estimate of drug-likeness (QED) is 0.0699. The van der Waals surface area contributed by atoms with Gasteiger partial charge in [-0.05, 0) is 0 Å². The van der Waals surface area contributed by atoms with Gasteiger partial charge in [0.15, 0.2) is 12.0 Å². The van der Waals surface area contributed by atoms with Crippen molar-refractivity contribution in [3.05, 3.63) is 33.1 Å². The SMILES string of the molecule is CC(=O)N[C@@H](C=O)[C@@H](OP(N)OC[C@H]1O[C@@H](n2ccc(=O)[nH]c2=O)[C@](N)(O)[C@@H]1O)[C@@H](O)[C@H](O)CO. The zero-order valence-corrected chi connectivity index (χ0v) is 19.2. The van der Waals surface area contributed by atoms with E-state index in [1.807, 2.05) is 4.98 Å². The fourth-order valence-corrected chi connectivity index (χ4v) is 4.07. The summed E-state index contributed by atoms with van der Waals surface area (Å²) in [5.41, 5.74) is 7.31. The molecule has 0 bridgehead atoms. The Morgan fingerprint density at radius 2 is 2.11 bits per heavy atom. The Bertz CT molecular complexity index is 989. The van der Waals surface area contributed by atoms with Gasteiger partial charge in [-0.2, -0.15) is 0 Å². The van der Waals surface area contributed by atoms with E-state index >= 15 is 0 Å². The van der Waals surface area contributed by atoms with Gasteiger partial charge >= 0.3 is 5.69 Å². The predicted octanol–water partition coefficient (Wildman–Crippen LogP) is -5.55. The number of amides is 1. The number of H-pyrrole nitrogens is 1. The molecular weight excluding hydrogens is 497 g/mol. The number of aromatic nitrogens is 2. The summed E-state index contributed by atoms with van der Waals surface area (Å²) in [6.45, 7) is -0.394. The van der Waals surface area contributed by atoms with Gasteiger partial charge in [-0.15, -0.1) is 0 Å². The number of aldehydes is 1. The molecule has 2 heterocycles. The van der Waals surface area contributed by atoms with Crippen LogP contribution < -0.4 is 27.8 Å². The lowest BCUT2D eigenvalue weighted by molar-refractivity contribution is -0.128. The van der Waals surface area contributed by atoms with Crippen LogP contribution in [0.2, 0.25) is 0 Å². The molecule has 1 aromatic rings. The van der Waals surface area contributed by atoms with Gasteiger partial charge in [-0.1, -0.05) is 0 Å². The summed E-state index contributed by atoms with van der Waals surface area (Å²) in [7, 11) is -2.48. The molecule has 1 fully saturated rings. The molecule has 1 aliphatic heterocycles. The fourth-order valence-electron chi connectivity index (χ4n) is 3.22. The first-order valence-corrected chi connectivity index (χ1v) is 11.3. The minimum absolute atomic E-state index is 0.216. The van der Waals surface area contributed by atoms with Gasteiger partial charge in [0.05, 0.1) is 13.2 Å². The molecule has 11 N–H and O–H groups in total. The lowest BCUT2D eigenvalue weighted by Crippen LogP contribution is -2.56. The van der Waals surface area contributed by atoms with Crippen LogP contribution in [-0.2, 0) is 23.4 Å². The zero-order chi connectivity index (χ0) is 26.5. The van der Waals surface area contributed by atoms with Crippen molar-refractivity contribution < 1.29 is 48.9 Å². The fraction of sp³-hybridized carbons (Fsp3) is 0.647. The minimum atomic E-state index is -2.49. The summed E-state index contributed by atoms with van der Waals surface area (Å²) in [4.78, 5) is 48.0. The Kier molecular flexibility index (Phi) is 10.1. The van der Waals surface area contributed by atoms with Crippen LogP contribution in [0.3, 0.4) is 0 Å². The van der Waals surface area contributed by atoms with Gasteiger partial charge in [-0.3, -0.25) is 30.4 Å². The third-order valence-corrected chi connectivity index (χ3v) is 5.86. The summed E-state index contributed by atoms with van der Waals surface area (Å²) < 4.78 is 16.7. The van der Waals surface area contributed by atoms with Gasteiger partial charge in [0.1, 0.15) is 42.8 Å². The van der Waals surface area contributed by atoms with Crippen molar-refractivity contribution in [2.75, 3.05) is 13.2 Å². The van der Waals surface area contributed by atoms with Crippen molar-refractivity contribution in [2.24, 2.45) is 11.2 Å². The molecule has 2 rings (SSSR count). The highest BCUT2D eigenvalue weighted by atomic mass is 31.2. The minimum Gasteiger partial charge on any atom is -0.394 e. The molecule has 1 aromatic heterocycles. The molecule has 9 atom stereocenters. The average molecular weight is 525 g/mol. The van der Waals surface area contributed by atoms with Crippen molar-refractivity contribution in [1.29, 1.82) is 0 Å². The monoisotopic (exact) mass is 525 g/mol. The van der Waals surface area contributed by atoms with Crippen LogP contribution >= 0.6 is 8.53 Å². The molecule has 198 valence electrons. The first-order valence-electron chi connectivity index (χ1n) is 10.0. The lowest BCUT2D eigenvalue weighted by Gasteiger charge is -2.31. The molecule has 0 spiro atoms.